The number of carbonyl (C=O) groups is 2. The smallest absolute Gasteiger partial charge is 0.282 e. The summed E-state index contributed by atoms with van der Waals surface area (Å²) in [6, 6.07) is 17.6. The predicted molar refractivity (Wildman–Crippen MR) is 136 cm³/mol. The molecule has 33 heavy (non-hydrogen) atoms. The van der Waals surface area contributed by atoms with Crippen molar-refractivity contribution in [2.45, 2.75) is 33.1 Å². The molecule has 0 aliphatic carbocycles. The van der Waals surface area contributed by atoms with E-state index in [1.54, 1.807) is 0 Å². The number of hydrogen-bond donors (Lipinski definition) is 1. The lowest BCUT2D eigenvalue weighted by molar-refractivity contribution is -0.120. The number of nitrogens with one attached hydrogen (secondary N) is 1. The van der Waals surface area contributed by atoms with E-state index < -0.39 is 0 Å². The van der Waals surface area contributed by atoms with Gasteiger partial charge >= 0.3 is 0 Å². The molecule has 2 amide bonds. The number of nitrogens with zero attached hydrogens (tertiary/aromatic N) is 2. The van der Waals surface area contributed by atoms with E-state index in [2.05, 4.69) is 22.3 Å². The van der Waals surface area contributed by atoms with Gasteiger partial charge in [0.1, 0.15) is 5.70 Å². The number of aryl methyl sites for hydroxylation is 1. The van der Waals surface area contributed by atoms with Crippen LogP contribution in [-0.2, 0) is 9.59 Å². The zero-order valence-electron chi connectivity index (χ0n) is 18.9. The number of rotatable bonds is 5. The fourth-order valence-corrected chi connectivity index (χ4v) is 5.31. The van der Waals surface area contributed by atoms with Crippen LogP contribution in [0.25, 0.3) is 5.57 Å². The zero-order valence-corrected chi connectivity index (χ0v) is 19.7. The average molecular weight is 458 g/mol. The zero-order chi connectivity index (χ0) is 22.9. The highest BCUT2D eigenvalue weighted by atomic mass is 32.1. The molecule has 2 aliphatic rings. The van der Waals surface area contributed by atoms with E-state index in [1.165, 1.54) is 41.2 Å². The monoisotopic (exact) mass is 457 g/mol. The van der Waals surface area contributed by atoms with Crippen molar-refractivity contribution in [3.05, 3.63) is 81.7 Å². The Morgan fingerprint density at radius 3 is 2.30 bits per heavy atom. The molecule has 5 nitrogen and oxygen atoms in total. The van der Waals surface area contributed by atoms with Crippen molar-refractivity contribution in [3.8, 4) is 0 Å². The van der Waals surface area contributed by atoms with E-state index in [0.29, 0.717) is 17.0 Å². The summed E-state index contributed by atoms with van der Waals surface area (Å²) >= 11 is 1.46. The lowest BCUT2D eigenvalue weighted by Crippen LogP contribution is -2.33. The minimum atomic E-state index is -0.322. The van der Waals surface area contributed by atoms with Crippen molar-refractivity contribution < 1.29 is 9.59 Å². The van der Waals surface area contributed by atoms with E-state index in [4.69, 9.17) is 0 Å². The number of carbonyl (C=O) groups excluding carboxylic acids is 2. The van der Waals surface area contributed by atoms with Crippen molar-refractivity contribution in [3.63, 3.8) is 0 Å². The molecule has 1 aromatic heterocycles. The molecule has 0 saturated carbocycles. The maximum Gasteiger partial charge on any atom is 0.282 e. The Labute approximate surface area is 198 Å². The van der Waals surface area contributed by atoms with Gasteiger partial charge in [-0.3, -0.25) is 9.59 Å². The van der Waals surface area contributed by atoms with Crippen LogP contribution in [0.4, 0.5) is 17.1 Å². The van der Waals surface area contributed by atoms with Gasteiger partial charge in [-0.25, -0.2) is 4.90 Å². The molecule has 1 N–H and O–H groups in total. The van der Waals surface area contributed by atoms with Gasteiger partial charge in [0.25, 0.3) is 11.8 Å². The van der Waals surface area contributed by atoms with Crippen LogP contribution in [-0.4, -0.2) is 24.9 Å². The highest BCUT2D eigenvalue weighted by Crippen LogP contribution is 2.37. The first-order valence-corrected chi connectivity index (χ1v) is 12.3. The summed E-state index contributed by atoms with van der Waals surface area (Å²) in [5.74, 6) is -0.610. The Balaban J connectivity index is 1.49. The normalized spacial score (nSPS) is 16.7. The molecule has 0 unspecified atom stereocenters. The van der Waals surface area contributed by atoms with Crippen molar-refractivity contribution in [1.29, 1.82) is 0 Å². The van der Waals surface area contributed by atoms with E-state index >= 15 is 0 Å². The number of anilines is 3. The fourth-order valence-electron chi connectivity index (χ4n) is 4.54. The minimum Gasteiger partial charge on any atom is -0.372 e. The second-order valence-corrected chi connectivity index (χ2v) is 9.56. The molecule has 2 aromatic carbocycles. The summed E-state index contributed by atoms with van der Waals surface area (Å²) in [5, 5.41) is 5.20. The van der Waals surface area contributed by atoms with Crippen molar-refractivity contribution >= 4 is 45.8 Å². The SMILES string of the molecule is Cc1cccc(N2C(=O)C(Nc3ccc(N4CCCCC4)cc3)=C(c3cccs3)C2=O)c1C. The summed E-state index contributed by atoms with van der Waals surface area (Å²) in [4.78, 5) is 31.6. The van der Waals surface area contributed by atoms with Gasteiger partial charge in [-0.1, -0.05) is 18.2 Å². The minimum absolute atomic E-state index is 0.288. The standard InChI is InChI=1S/C27H27N3O2S/c1-18-8-6-9-22(19(18)2)30-26(31)24(23-10-7-17-33-23)25(27(30)32)28-20-11-13-21(14-12-20)29-15-4-3-5-16-29/h6-14,17,28H,3-5,15-16H2,1-2H3. The summed E-state index contributed by atoms with van der Waals surface area (Å²) in [5.41, 5.74) is 5.35. The Bertz CT molecular complexity index is 1220. The topological polar surface area (TPSA) is 52.7 Å². The van der Waals surface area contributed by atoms with Crippen LogP contribution in [0.5, 0.6) is 0 Å². The number of imide groups is 1. The van der Waals surface area contributed by atoms with Gasteiger partial charge in [0.05, 0.1) is 11.3 Å². The Hall–Kier alpha value is -3.38. The van der Waals surface area contributed by atoms with E-state index in [-0.39, 0.29) is 11.8 Å². The van der Waals surface area contributed by atoms with Gasteiger partial charge in [0, 0.05) is 29.3 Å². The highest BCUT2D eigenvalue weighted by molar-refractivity contribution is 7.11. The first-order chi connectivity index (χ1) is 16.0. The molecule has 0 atom stereocenters. The second kappa shape index (κ2) is 8.87. The molecule has 1 saturated heterocycles. The number of thiophene rings is 1. The summed E-state index contributed by atoms with van der Waals surface area (Å²) in [7, 11) is 0. The lowest BCUT2D eigenvalue weighted by Gasteiger charge is -2.28. The van der Waals surface area contributed by atoms with E-state index in [0.717, 1.165) is 34.8 Å². The van der Waals surface area contributed by atoms with Gasteiger partial charge in [0.2, 0.25) is 0 Å². The van der Waals surface area contributed by atoms with E-state index in [1.807, 2.05) is 61.7 Å². The summed E-state index contributed by atoms with van der Waals surface area (Å²) in [6.07, 6.45) is 3.74. The van der Waals surface area contributed by atoms with Crippen LogP contribution in [0.1, 0.15) is 35.3 Å². The third-order valence-electron chi connectivity index (χ3n) is 6.53. The maximum atomic E-state index is 13.6. The Morgan fingerprint density at radius 2 is 1.61 bits per heavy atom. The number of benzene rings is 2. The third kappa shape index (κ3) is 3.95. The van der Waals surface area contributed by atoms with Gasteiger partial charge in [-0.05, 0) is 86.0 Å². The van der Waals surface area contributed by atoms with E-state index in [9.17, 15) is 9.59 Å². The van der Waals surface area contributed by atoms with Gasteiger partial charge in [-0.15, -0.1) is 11.3 Å². The van der Waals surface area contributed by atoms with Crippen LogP contribution in [0.3, 0.4) is 0 Å². The fraction of sp³-hybridized carbons (Fsp3) is 0.259. The summed E-state index contributed by atoms with van der Waals surface area (Å²) < 4.78 is 0. The molecular weight excluding hydrogens is 430 g/mol. The Kier molecular flexibility index (Phi) is 5.77. The quantitative estimate of drug-likeness (QED) is 0.496. The van der Waals surface area contributed by atoms with Gasteiger partial charge in [-0.2, -0.15) is 0 Å². The predicted octanol–water partition coefficient (Wildman–Crippen LogP) is 5.75. The lowest BCUT2D eigenvalue weighted by atomic mass is 10.1. The third-order valence-corrected chi connectivity index (χ3v) is 7.41. The largest absolute Gasteiger partial charge is 0.372 e. The van der Waals surface area contributed by atoms with Gasteiger partial charge in [0.15, 0.2) is 0 Å². The van der Waals surface area contributed by atoms with Crippen molar-refractivity contribution in [2.24, 2.45) is 0 Å². The molecule has 0 bridgehead atoms. The summed E-state index contributed by atoms with van der Waals surface area (Å²) in [6.45, 7) is 6.10. The number of piperidine rings is 1. The number of hydrogen-bond acceptors (Lipinski definition) is 5. The highest BCUT2D eigenvalue weighted by Gasteiger charge is 2.41. The van der Waals surface area contributed by atoms with Crippen LogP contribution in [0, 0.1) is 13.8 Å². The van der Waals surface area contributed by atoms with Crippen LogP contribution in [0.2, 0.25) is 0 Å². The van der Waals surface area contributed by atoms with Crippen LogP contribution in [0.15, 0.2) is 65.7 Å². The molecule has 3 aromatic rings. The van der Waals surface area contributed by atoms with Crippen molar-refractivity contribution in [1.82, 2.24) is 0 Å². The van der Waals surface area contributed by atoms with Gasteiger partial charge < -0.3 is 10.2 Å². The average Bonchev–Trinajstić information content (AvgIpc) is 3.44. The molecule has 0 radical (unpaired) electrons. The van der Waals surface area contributed by atoms with Crippen LogP contribution >= 0.6 is 11.3 Å². The molecule has 168 valence electrons. The maximum absolute atomic E-state index is 13.6. The Morgan fingerprint density at radius 1 is 0.848 bits per heavy atom. The molecule has 5 rings (SSSR count). The molecule has 3 heterocycles. The first kappa shape index (κ1) is 21.5. The van der Waals surface area contributed by atoms with Crippen LogP contribution < -0.4 is 15.1 Å². The molecule has 6 heteroatoms. The molecule has 0 spiro atoms. The second-order valence-electron chi connectivity index (χ2n) is 8.61. The first-order valence-electron chi connectivity index (χ1n) is 11.4. The molecule has 1 fully saturated rings. The van der Waals surface area contributed by atoms with Crippen molar-refractivity contribution in [2.75, 3.05) is 28.2 Å². The number of amides is 2. The molecule has 2 aliphatic heterocycles. The molecular formula is C27H27N3O2S.